The molecule has 4 heteroatoms. The van der Waals surface area contributed by atoms with Crippen molar-refractivity contribution in [3.05, 3.63) is 89.5 Å². The predicted molar refractivity (Wildman–Crippen MR) is 121 cm³/mol. The Kier molecular flexibility index (Phi) is 7.04. The quantitative estimate of drug-likeness (QED) is 0.658. The third-order valence-electron chi connectivity index (χ3n) is 5.76. The fourth-order valence-electron chi connectivity index (χ4n) is 4.13. The zero-order valence-electron chi connectivity index (χ0n) is 16.7. The van der Waals surface area contributed by atoms with E-state index in [1.54, 1.807) is 0 Å². The van der Waals surface area contributed by atoms with Crippen LogP contribution in [0.3, 0.4) is 0 Å². The van der Waals surface area contributed by atoms with Crippen LogP contribution in [0.2, 0.25) is 5.02 Å². The van der Waals surface area contributed by atoms with Crippen LogP contribution < -0.4 is 10.2 Å². The molecule has 1 unspecified atom stereocenters. The summed E-state index contributed by atoms with van der Waals surface area (Å²) in [6, 6.07) is 18.7. The molecule has 2 aliphatic rings. The first-order valence-corrected chi connectivity index (χ1v) is 10.9. The molecule has 0 spiro atoms. The van der Waals surface area contributed by atoms with E-state index < -0.39 is 0 Å². The topological polar surface area (TPSA) is 24.5 Å². The van der Waals surface area contributed by atoms with Crippen molar-refractivity contribution in [3.8, 4) is 0 Å². The standard InChI is InChI=1S/C25H29ClN2O/c26-23-11-13-24(14-12-23)28(17-20-7-3-1-4-8-20)18-22-15-27-16-25(22)29-19-21-9-5-2-6-10-21/h1-7,9-14,20,22,25,27H,8,15-19H2/t20?,22-,25-/m0/s1. The van der Waals surface area contributed by atoms with Crippen LogP contribution in [0.1, 0.15) is 12.0 Å². The summed E-state index contributed by atoms with van der Waals surface area (Å²) in [5, 5.41) is 4.31. The Hall–Kier alpha value is -2.07. The molecule has 0 bridgehead atoms. The summed E-state index contributed by atoms with van der Waals surface area (Å²) in [7, 11) is 0. The second-order valence-corrected chi connectivity index (χ2v) is 8.38. The number of hydrogen-bond acceptors (Lipinski definition) is 3. The van der Waals surface area contributed by atoms with Crippen molar-refractivity contribution >= 4 is 17.3 Å². The molecule has 3 atom stereocenters. The van der Waals surface area contributed by atoms with Crippen molar-refractivity contribution < 1.29 is 4.74 Å². The first kappa shape index (κ1) is 20.2. The molecule has 2 aromatic rings. The van der Waals surface area contributed by atoms with Gasteiger partial charge in [-0.25, -0.2) is 0 Å². The average Bonchev–Trinajstić information content (AvgIpc) is 3.21. The van der Waals surface area contributed by atoms with Gasteiger partial charge in [-0.15, -0.1) is 0 Å². The van der Waals surface area contributed by atoms with Gasteiger partial charge in [0.1, 0.15) is 0 Å². The van der Waals surface area contributed by atoms with Gasteiger partial charge in [0, 0.05) is 42.8 Å². The van der Waals surface area contributed by atoms with Gasteiger partial charge in [-0.1, -0.05) is 66.2 Å². The maximum absolute atomic E-state index is 6.31. The minimum absolute atomic E-state index is 0.229. The Bertz CT molecular complexity index is 818. The molecular formula is C25H29ClN2O. The van der Waals surface area contributed by atoms with Gasteiger partial charge in [-0.2, -0.15) is 0 Å². The van der Waals surface area contributed by atoms with Crippen molar-refractivity contribution in [1.82, 2.24) is 5.32 Å². The second-order valence-electron chi connectivity index (χ2n) is 7.94. The lowest BCUT2D eigenvalue weighted by molar-refractivity contribution is 0.0274. The summed E-state index contributed by atoms with van der Waals surface area (Å²) in [6.07, 6.45) is 10.2. The van der Waals surface area contributed by atoms with Crippen LogP contribution in [-0.4, -0.2) is 32.3 Å². The van der Waals surface area contributed by atoms with Crippen LogP contribution in [-0.2, 0) is 11.3 Å². The van der Waals surface area contributed by atoms with Gasteiger partial charge in [-0.3, -0.25) is 0 Å². The molecule has 1 aliphatic heterocycles. The van der Waals surface area contributed by atoms with Crippen molar-refractivity contribution in [2.75, 3.05) is 31.1 Å². The van der Waals surface area contributed by atoms with Gasteiger partial charge in [0.15, 0.2) is 0 Å². The first-order chi connectivity index (χ1) is 14.3. The Morgan fingerprint density at radius 1 is 0.966 bits per heavy atom. The summed E-state index contributed by atoms with van der Waals surface area (Å²) < 4.78 is 6.31. The van der Waals surface area contributed by atoms with Crippen LogP contribution in [0.5, 0.6) is 0 Å². The zero-order chi connectivity index (χ0) is 19.9. The number of anilines is 1. The Balaban J connectivity index is 1.43. The lowest BCUT2D eigenvalue weighted by atomic mass is 9.98. The van der Waals surface area contributed by atoms with Crippen LogP contribution >= 0.6 is 11.6 Å². The van der Waals surface area contributed by atoms with Crippen LogP contribution in [0, 0.1) is 11.8 Å². The monoisotopic (exact) mass is 408 g/mol. The summed E-state index contributed by atoms with van der Waals surface area (Å²) in [5.74, 6) is 0.992. The van der Waals surface area contributed by atoms with Crippen molar-refractivity contribution in [3.63, 3.8) is 0 Å². The maximum atomic E-state index is 6.31. The Labute approximate surface area is 179 Å². The minimum atomic E-state index is 0.229. The molecule has 2 aromatic carbocycles. The highest BCUT2D eigenvalue weighted by atomic mass is 35.5. The van der Waals surface area contributed by atoms with E-state index in [4.69, 9.17) is 16.3 Å². The molecule has 1 saturated heterocycles. The SMILES string of the molecule is Clc1ccc(N(CC2C=CC=CC2)C[C@@H]2CNC[C@@H]2OCc2ccccc2)cc1. The van der Waals surface area contributed by atoms with Crippen LogP contribution in [0.4, 0.5) is 5.69 Å². The molecule has 1 fully saturated rings. The molecular weight excluding hydrogens is 380 g/mol. The van der Waals surface area contributed by atoms with Crippen LogP contribution in [0.15, 0.2) is 78.9 Å². The number of halogens is 1. The highest BCUT2D eigenvalue weighted by Crippen LogP contribution is 2.25. The fraction of sp³-hybridized carbons (Fsp3) is 0.360. The molecule has 0 amide bonds. The lowest BCUT2D eigenvalue weighted by Gasteiger charge is -2.32. The van der Waals surface area contributed by atoms with E-state index >= 15 is 0 Å². The summed E-state index contributed by atoms with van der Waals surface area (Å²) in [5.41, 5.74) is 2.46. The van der Waals surface area contributed by atoms with Crippen molar-refractivity contribution in [2.24, 2.45) is 11.8 Å². The molecule has 0 saturated carbocycles. The number of nitrogens with zero attached hydrogens (tertiary/aromatic N) is 1. The number of benzene rings is 2. The van der Waals surface area contributed by atoms with Crippen molar-refractivity contribution in [1.29, 1.82) is 0 Å². The normalized spacial score (nSPS) is 23.4. The molecule has 1 N–H and O–H groups in total. The Morgan fingerprint density at radius 3 is 2.55 bits per heavy atom. The predicted octanol–water partition coefficient (Wildman–Crippen LogP) is 5.08. The molecule has 152 valence electrons. The summed E-state index contributed by atoms with van der Waals surface area (Å²) >= 11 is 6.13. The van der Waals surface area contributed by atoms with E-state index in [-0.39, 0.29) is 6.10 Å². The molecule has 0 radical (unpaired) electrons. The minimum Gasteiger partial charge on any atom is -0.372 e. The van der Waals surface area contributed by atoms with E-state index in [1.165, 1.54) is 11.3 Å². The van der Waals surface area contributed by atoms with Gasteiger partial charge in [0.2, 0.25) is 0 Å². The largest absolute Gasteiger partial charge is 0.372 e. The van der Waals surface area contributed by atoms with Gasteiger partial charge < -0.3 is 15.0 Å². The Morgan fingerprint density at radius 2 is 1.79 bits per heavy atom. The molecule has 3 nitrogen and oxygen atoms in total. The van der Waals surface area contributed by atoms with Gasteiger partial charge in [0.05, 0.1) is 12.7 Å². The number of ether oxygens (including phenoxy) is 1. The summed E-state index contributed by atoms with van der Waals surface area (Å²) in [4.78, 5) is 2.50. The number of hydrogen-bond donors (Lipinski definition) is 1. The number of allylic oxidation sites excluding steroid dienone is 3. The van der Waals surface area contributed by atoms with E-state index in [9.17, 15) is 0 Å². The molecule has 0 aromatic heterocycles. The van der Waals surface area contributed by atoms with Gasteiger partial charge >= 0.3 is 0 Å². The van der Waals surface area contributed by atoms with Crippen LogP contribution in [0.25, 0.3) is 0 Å². The highest BCUT2D eigenvalue weighted by molar-refractivity contribution is 6.30. The summed E-state index contributed by atoms with van der Waals surface area (Å²) in [6.45, 7) is 4.55. The van der Waals surface area contributed by atoms with Crippen molar-refractivity contribution in [2.45, 2.75) is 19.1 Å². The van der Waals surface area contributed by atoms with Gasteiger partial charge in [0.25, 0.3) is 0 Å². The highest BCUT2D eigenvalue weighted by Gasteiger charge is 2.30. The molecule has 1 aliphatic carbocycles. The molecule has 1 heterocycles. The number of rotatable bonds is 8. The van der Waals surface area contributed by atoms with E-state index in [1.807, 2.05) is 18.2 Å². The molecule has 29 heavy (non-hydrogen) atoms. The third kappa shape index (κ3) is 5.72. The fourth-order valence-corrected chi connectivity index (χ4v) is 4.26. The average molecular weight is 409 g/mol. The van der Waals surface area contributed by atoms with Gasteiger partial charge in [-0.05, 0) is 42.2 Å². The second kappa shape index (κ2) is 10.1. The third-order valence-corrected chi connectivity index (χ3v) is 6.01. The smallest absolute Gasteiger partial charge is 0.0761 e. The van der Waals surface area contributed by atoms with E-state index in [0.717, 1.165) is 37.6 Å². The van der Waals surface area contributed by atoms with E-state index in [0.29, 0.717) is 18.4 Å². The van der Waals surface area contributed by atoms with E-state index in [2.05, 4.69) is 70.9 Å². The molecule has 4 rings (SSSR count). The lowest BCUT2D eigenvalue weighted by Crippen LogP contribution is -2.38. The number of nitrogens with one attached hydrogen (secondary N) is 1. The maximum Gasteiger partial charge on any atom is 0.0761 e. The zero-order valence-corrected chi connectivity index (χ0v) is 17.5. The first-order valence-electron chi connectivity index (χ1n) is 10.5.